The topological polar surface area (TPSA) is 88.0 Å². The Bertz CT molecular complexity index is 1490. The van der Waals surface area contributed by atoms with E-state index >= 15 is 0 Å². The maximum Gasteiger partial charge on any atom is 0.263 e. The number of pyridine rings is 2. The Morgan fingerprint density at radius 2 is 1.94 bits per heavy atom. The second kappa shape index (κ2) is 7.32. The molecule has 0 aliphatic carbocycles. The Labute approximate surface area is 176 Å². The number of nitrogens with zero attached hydrogens (tertiary/aromatic N) is 4. The molecule has 2 N–H and O–H groups in total. The van der Waals surface area contributed by atoms with E-state index in [9.17, 15) is 9.18 Å². The molecule has 0 spiro atoms. The molecule has 0 bridgehead atoms. The molecule has 154 valence electrons. The average molecular weight is 414 g/mol. The van der Waals surface area contributed by atoms with Crippen LogP contribution < -0.4 is 10.9 Å². The highest BCUT2D eigenvalue weighted by Crippen LogP contribution is 2.30. The van der Waals surface area contributed by atoms with Crippen LogP contribution in [-0.2, 0) is 0 Å². The minimum atomic E-state index is -0.395. The van der Waals surface area contributed by atoms with E-state index in [1.807, 2.05) is 38.1 Å². The molecule has 0 saturated carbocycles. The number of anilines is 1. The normalized spacial score (nSPS) is 12.4. The summed E-state index contributed by atoms with van der Waals surface area (Å²) in [5.41, 5.74) is 4.32. The van der Waals surface area contributed by atoms with E-state index in [4.69, 9.17) is 0 Å². The lowest BCUT2D eigenvalue weighted by Crippen LogP contribution is -2.22. The highest BCUT2D eigenvalue weighted by molar-refractivity contribution is 5.82. The van der Waals surface area contributed by atoms with Crippen molar-refractivity contribution in [2.24, 2.45) is 0 Å². The summed E-state index contributed by atoms with van der Waals surface area (Å²) in [6, 6.07) is 13.4. The van der Waals surface area contributed by atoms with Gasteiger partial charge in [-0.1, -0.05) is 18.2 Å². The van der Waals surface area contributed by atoms with Crippen LogP contribution in [0.4, 0.5) is 10.2 Å². The van der Waals surface area contributed by atoms with Gasteiger partial charge < -0.3 is 10.3 Å². The fourth-order valence-electron chi connectivity index (χ4n) is 3.93. The SMILES string of the molecule is Cc1cccc2cc([C@@H](C)Nc3ncnc4nc[nH]c34)c(-c3cccc(F)c3)c(=O)n12. The van der Waals surface area contributed by atoms with E-state index in [1.54, 1.807) is 22.9 Å². The highest BCUT2D eigenvalue weighted by atomic mass is 19.1. The first-order valence-corrected chi connectivity index (χ1v) is 9.85. The number of aromatic nitrogens is 5. The Morgan fingerprint density at radius 1 is 1.10 bits per heavy atom. The molecule has 31 heavy (non-hydrogen) atoms. The van der Waals surface area contributed by atoms with Crippen LogP contribution in [0.1, 0.15) is 24.2 Å². The summed E-state index contributed by atoms with van der Waals surface area (Å²) in [6.45, 7) is 3.81. The molecular weight excluding hydrogens is 395 g/mol. The van der Waals surface area contributed by atoms with Crippen molar-refractivity contribution in [2.45, 2.75) is 19.9 Å². The van der Waals surface area contributed by atoms with Gasteiger partial charge in [-0.25, -0.2) is 19.3 Å². The van der Waals surface area contributed by atoms with E-state index in [-0.39, 0.29) is 11.6 Å². The van der Waals surface area contributed by atoms with Crippen molar-refractivity contribution in [3.8, 4) is 11.1 Å². The van der Waals surface area contributed by atoms with Crippen LogP contribution in [0.2, 0.25) is 0 Å². The molecule has 4 heterocycles. The molecule has 0 aliphatic heterocycles. The fraction of sp³-hybridized carbons (Fsp3) is 0.130. The first-order valence-electron chi connectivity index (χ1n) is 9.85. The van der Waals surface area contributed by atoms with Gasteiger partial charge in [0.25, 0.3) is 5.56 Å². The van der Waals surface area contributed by atoms with E-state index in [0.717, 1.165) is 16.8 Å². The number of nitrogens with one attached hydrogen (secondary N) is 2. The van der Waals surface area contributed by atoms with Crippen LogP contribution >= 0.6 is 0 Å². The third-order valence-electron chi connectivity index (χ3n) is 5.38. The number of aromatic amines is 1. The second-order valence-corrected chi connectivity index (χ2v) is 7.41. The van der Waals surface area contributed by atoms with Crippen molar-refractivity contribution in [1.29, 1.82) is 0 Å². The number of hydrogen-bond donors (Lipinski definition) is 2. The van der Waals surface area contributed by atoms with Gasteiger partial charge in [0.2, 0.25) is 0 Å². The van der Waals surface area contributed by atoms with Gasteiger partial charge in [-0.15, -0.1) is 0 Å². The highest BCUT2D eigenvalue weighted by Gasteiger charge is 2.20. The number of hydrogen-bond acceptors (Lipinski definition) is 5. The number of rotatable bonds is 4. The van der Waals surface area contributed by atoms with E-state index in [0.29, 0.717) is 28.1 Å². The Balaban J connectivity index is 1.72. The van der Waals surface area contributed by atoms with Crippen LogP contribution in [0.5, 0.6) is 0 Å². The summed E-state index contributed by atoms with van der Waals surface area (Å²) >= 11 is 0. The molecule has 1 atom stereocenters. The average Bonchev–Trinajstić information content (AvgIpc) is 3.23. The van der Waals surface area contributed by atoms with Crippen LogP contribution in [0.3, 0.4) is 0 Å². The third-order valence-corrected chi connectivity index (χ3v) is 5.38. The summed E-state index contributed by atoms with van der Waals surface area (Å²) in [4.78, 5) is 29.2. The molecule has 0 unspecified atom stereocenters. The molecule has 0 aliphatic rings. The molecule has 4 aromatic heterocycles. The van der Waals surface area contributed by atoms with Gasteiger partial charge in [-0.3, -0.25) is 9.20 Å². The van der Waals surface area contributed by atoms with Crippen molar-refractivity contribution >= 4 is 22.5 Å². The van der Waals surface area contributed by atoms with Gasteiger partial charge in [0.05, 0.1) is 17.9 Å². The largest absolute Gasteiger partial charge is 0.362 e. The van der Waals surface area contributed by atoms with Crippen molar-refractivity contribution in [2.75, 3.05) is 5.32 Å². The fourth-order valence-corrected chi connectivity index (χ4v) is 3.93. The van der Waals surface area contributed by atoms with Crippen LogP contribution in [0, 0.1) is 12.7 Å². The molecule has 0 fully saturated rings. The predicted octanol–water partition coefficient (Wildman–Crippen LogP) is 4.25. The quantitative estimate of drug-likeness (QED) is 0.459. The van der Waals surface area contributed by atoms with E-state index in [1.165, 1.54) is 18.5 Å². The maximum absolute atomic E-state index is 14.0. The van der Waals surface area contributed by atoms with Gasteiger partial charge in [-0.2, -0.15) is 0 Å². The summed E-state index contributed by atoms with van der Waals surface area (Å²) in [5, 5.41) is 3.35. The first kappa shape index (κ1) is 18.9. The third kappa shape index (κ3) is 3.22. The molecule has 0 saturated heterocycles. The van der Waals surface area contributed by atoms with Crippen molar-refractivity contribution in [3.63, 3.8) is 0 Å². The van der Waals surface area contributed by atoms with Crippen molar-refractivity contribution < 1.29 is 4.39 Å². The molecule has 5 rings (SSSR count). The minimum absolute atomic E-state index is 0.195. The standard InChI is InChI=1S/C23H19FN6O/c1-13-5-3-8-17-10-18(14(2)29-22-20-21(26-11-25-20)27-12-28-22)19(23(31)30(13)17)15-6-4-7-16(24)9-15/h3-12,14H,1-2H3,(H2,25,26,27,28,29)/t14-/m1/s1. The number of benzene rings is 1. The molecule has 5 aromatic rings. The van der Waals surface area contributed by atoms with E-state index < -0.39 is 5.82 Å². The number of halogens is 1. The van der Waals surface area contributed by atoms with E-state index in [2.05, 4.69) is 25.3 Å². The Morgan fingerprint density at radius 3 is 2.77 bits per heavy atom. The smallest absolute Gasteiger partial charge is 0.263 e. The monoisotopic (exact) mass is 414 g/mol. The van der Waals surface area contributed by atoms with Crippen molar-refractivity contribution in [1.82, 2.24) is 24.3 Å². The van der Waals surface area contributed by atoms with Gasteiger partial charge in [0.15, 0.2) is 11.5 Å². The zero-order valence-corrected chi connectivity index (χ0v) is 16.9. The number of aryl methyl sites for hydroxylation is 1. The number of imidazole rings is 1. The molecule has 8 heteroatoms. The number of H-pyrrole nitrogens is 1. The van der Waals surface area contributed by atoms with Gasteiger partial charge in [-0.05, 0) is 55.3 Å². The van der Waals surface area contributed by atoms with Crippen LogP contribution in [0.15, 0.2) is 66.0 Å². The summed E-state index contributed by atoms with van der Waals surface area (Å²) in [6.07, 6.45) is 2.99. The van der Waals surface area contributed by atoms with Gasteiger partial charge in [0, 0.05) is 11.2 Å². The van der Waals surface area contributed by atoms with Gasteiger partial charge in [0.1, 0.15) is 17.7 Å². The van der Waals surface area contributed by atoms with Gasteiger partial charge >= 0.3 is 0 Å². The lowest BCUT2D eigenvalue weighted by molar-refractivity contribution is 0.628. The molecule has 0 amide bonds. The Hall–Kier alpha value is -4.07. The van der Waals surface area contributed by atoms with Crippen molar-refractivity contribution in [3.05, 3.63) is 88.6 Å². The van der Waals surface area contributed by atoms with Crippen LogP contribution in [-0.4, -0.2) is 24.3 Å². The second-order valence-electron chi connectivity index (χ2n) is 7.41. The lowest BCUT2D eigenvalue weighted by Gasteiger charge is -2.20. The molecule has 7 nitrogen and oxygen atoms in total. The predicted molar refractivity (Wildman–Crippen MR) is 118 cm³/mol. The summed E-state index contributed by atoms with van der Waals surface area (Å²) < 4.78 is 15.7. The Kier molecular flexibility index (Phi) is 4.47. The minimum Gasteiger partial charge on any atom is -0.362 e. The molecule has 1 aromatic carbocycles. The van der Waals surface area contributed by atoms with Crippen LogP contribution in [0.25, 0.3) is 27.8 Å². The lowest BCUT2D eigenvalue weighted by atomic mass is 9.96. The zero-order valence-electron chi connectivity index (χ0n) is 16.9. The zero-order chi connectivity index (χ0) is 21.5. The molecular formula is C23H19FN6O. The maximum atomic E-state index is 14.0. The summed E-state index contributed by atoms with van der Waals surface area (Å²) in [5.74, 6) is 0.179. The first-order chi connectivity index (χ1) is 15.0. The molecule has 0 radical (unpaired) electrons. The number of fused-ring (bicyclic) bond motifs is 2. The summed E-state index contributed by atoms with van der Waals surface area (Å²) in [7, 11) is 0.